The van der Waals surface area contributed by atoms with Gasteiger partial charge in [-0.2, -0.15) is 13.5 Å². The van der Waals surface area contributed by atoms with Gasteiger partial charge in [-0.05, 0) is 35.9 Å². The number of methoxy groups -OCH3 is 1. The van der Waals surface area contributed by atoms with E-state index in [1.54, 1.807) is 30.3 Å². The van der Waals surface area contributed by atoms with Gasteiger partial charge in [0.2, 0.25) is 0 Å². The molecule has 1 heterocycles. The Morgan fingerprint density at radius 1 is 1.26 bits per heavy atom. The second kappa shape index (κ2) is 5.73. The lowest BCUT2D eigenvalue weighted by Gasteiger charge is -2.03. The number of aromatic hydroxyl groups is 1. The highest BCUT2D eigenvalue weighted by atomic mass is 32.2. The van der Waals surface area contributed by atoms with Crippen LogP contribution in [0.25, 0.3) is 0 Å². The Kier molecular flexibility index (Phi) is 3.75. The van der Waals surface area contributed by atoms with Crippen LogP contribution in [0, 0.1) is 0 Å². The molecule has 2 aromatic rings. The summed E-state index contributed by atoms with van der Waals surface area (Å²) >= 11 is 0. The van der Waals surface area contributed by atoms with Crippen molar-refractivity contribution in [1.82, 2.24) is 5.43 Å². The van der Waals surface area contributed by atoms with Gasteiger partial charge in [0.15, 0.2) is 17.3 Å². The van der Waals surface area contributed by atoms with Gasteiger partial charge in [-0.15, -0.1) is 4.40 Å². The van der Waals surface area contributed by atoms with Crippen molar-refractivity contribution in [2.45, 2.75) is 4.90 Å². The van der Waals surface area contributed by atoms with Gasteiger partial charge in [0.25, 0.3) is 10.0 Å². The van der Waals surface area contributed by atoms with E-state index in [1.165, 1.54) is 25.5 Å². The van der Waals surface area contributed by atoms with Crippen LogP contribution in [0.15, 0.2) is 56.9 Å². The Morgan fingerprint density at radius 2 is 2.04 bits per heavy atom. The fourth-order valence-electron chi connectivity index (χ4n) is 2.13. The first-order chi connectivity index (χ1) is 11.0. The molecule has 7 nitrogen and oxygen atoms in total. The summed E-state index contributed by atoms with van der Waals surface area (Å²) in [6, 6.07) is 11.2. The Morgan fingerprint density at radius 3 is 2.83 bits per heavy atom. The summed E-state index contributed by atoms with van der Waals surface area (Å²) in [6.07, 6.45) is 1.47. The zero-order valence-electron chi connectivity index (χ0n) is 12.1. The second-order valence-electron chi connectivity index (χ2n) is 4.71. The van der Waals surface area contributed by atoms with Crippen LogP contribution in [0.5, 0.6) is 11.5 Å². The number of hydrazone groups is 1. The molecule has 0 bridgehead atoms. The lowest BCUT2D eigenvalue weighted by atomic mass is 10.2. The number of phenolic OH excluding ortho intramolecular Hbond substituents is 1. The van der Waals surface area contributed by atoms with Crippen molar-refractivity contribution in [2.24, 2.45) is 9.50 Å². The third-order valence-electron chi connectivity index (χ3n) is 3.22. The summed E-state index contributed by atoms with van der Waals surface area (Å²) in [5.41, 5.74) is 3.78. The Bertz CT molecular complexity index is 920. The van der Waals surface area contributed by atoms with E-state index < -0.39 is 10.0 Å². The van der Waals surface area contributed by atoms with Gasteiger partial charge in [0.05, 0.1) is 13.3 Å². The van der Waals surface area contributed by atoms with Crippen LogP contribution in [0.4, 0.5) is 0 Å². The van der Waals surface area contributed by atoms with Crippen molar-refractivity contribution in [2.75, 3.05) is 7.11 Å². The number of nitrogens with one attached hydrogen (secondary N) is 1. The Labute approximate surface area is 133 Å². The van der Waals surface area contributed by atoms with Crippen LogP contribution in [-0.2, 0) is 10.0 Å². The third-order valence-corrected chi connectivity index (χ3v) is 4.55. The van der Waals surface area contributed by atoms with Crippen LogP contribution < -0.4 is 10.2 Å². The predicted molar refractivity (Wildman–Crippen MR) is 85.6 cm³/mol. The molecule has 3 rings (SSSR count). The minimum Gasteiger partial charge on any atom is -0.504 e. The van der Waals surface area contributed by atoms with Crippen molar-refractivity contribution >= 4 is 22.1 Å². The molecule has 0 atom stereocenters. The van der Waals surface area contributed by atoms with Crippen molar-refractivity contribution < 1.29 is 18.3 Å². The number of nitrogens with zero attached hydrogens (tertiary/aromatic N) is 2. The molecule has 1 aliphatic heterocycles. The summed E-state index contributed by atoms with van der Waals surface area (Å²) in [7, 11) is -2.22. The molecule has 0 aromatic heterocycles. The summed E-state index contributed by atoms with van der Waals surface area (Å²) in [5, 5.41) is 13.5. The van der Waals surface area contributed by atoms with E-state index in [0.717, 1.165) is 0 Å². The molecule has 2 N–H and O–H groups in total. The van der Waals surface area contributed by atoms with Crippen LogP contribution in [-0.4, -0.2) is 32.7 Å². The average Bonchev–Trinajstić information content (AvgIpc) is 2.80. The van der Waals surface area contributed by atoms with Crippen molar-refractivity contribution in [3.63, 3.8) is 0 Å². The van der Waals surface area contributed by atoms with Gasteiger partial charge in [0, 0.05) is 5.56 Å². The van der Waals surface area contributed by atoms with E-state index >= 15 is 0 Å². The van der Waals surface area contributed by atoms with Gasteiger partial charge in [-0.3, -0.25) is 5.43 Å². The van der Waals surface area contributed by atoms with E-state index in [2.05, 4.69) is 14.9 Å². The van der Waals surface area contributed by atoms with Crippen LogP contribution >= 0.6 is 0 Å². The van der Waals surface area contributed by atoms with Crippen LogP contribution in [0.3, 0.4) is 0 Å². The number of fused-ring (bicyclic) bond motifs is 1. The quantitative estimate of drug-likeness (QED) is 0.655. The molecule has 0 saturated carbocycles. The summed E-state index contributed by atoms with van der Waals surface area (Å²) < 4.78 is 32.5. The largest absolute Gasteiger partial charge is 0.504 e. The van der Waals surface area contributed by atoms with E-state index in [4.69, 9.17) is 4.74 Å². The van der Waals surface area contributed by atoms with E-state index in [1.807, 2.05) is 0 Å². The fraction of sp³-hybridized carbons (Fsp3) is 0.0667. The molecule has 0 radical (unpaired) electrons. The van der Waals surface area contributed by atoms with E-state index in [0.29, 0.717) is 16.9 Å². The SMILES string of the molecule is COc1cc(/C=N/NC2=NS(=O)(=O)c3ccccc32)ccc1O. The van der Waals surface area contributed by atoms with Gasteiger partial charge < -0.3 is 9.84 Å². The molecule has 8 heteroatoms. The molecule has 118 valence electrons. The maximum absolute atomic E-state index is 11.9. The maximum Gasteiger partial charge on any atom is 0.285 e. The number of sulfonamides is 1. The number of amidine groups is 1. The molecular formula is C15H13N3O4S. The third kappa shape index (κ3) is 2.88. The average molecular weight is 331 g/mol. The molecule has 1 aliphatic rings. The van der Waals surface area contributed by atoms with Gasteiger partial charge in [-0.25, -0.2) is 0 Å². The normalized spacial score (nSPS) is 15.3. The molecule has 0 spiro atoms. The standard InChI is InChI=1S/C15H13N3O4S/c1-22-13-8-10(6-7-12(13)19)9-16-17-15-11-4-2-3-5-14(11)23(20,21)18-15/h2-9,19H,1H3,(H,17,18)/b16-9+. The lowest BCUT2D eigenvalue weighted by molar-refractivity contribution is 0.373. The highest BCUT2D eigenvalue weighted by molar-refractivity contribution is 7.90. The molecule has 23 heavy (non-hydrogen) atoms. The van der Waals surface area contributed by atoms with Gasteiger partial charge >= 0.3 is 0 Å². The van der Waals surface area contributed by atoms with Crippen LogP contribution in [0.2, 0.25) is 0 Å². The zero-order chi connectivity index (χ0) is 16.4. The minimum atomic E-state index is -3.67. The summed E-state index contributed by atoms with van der Waals surface area (Å²) in [6.45, 7) is 0. The minimum absolute atomic E-state index is 0.0257. The molecular weight excluding hydrogens is 318 g/mol. The zero-order valence-corrected chi connectivity index (χ0v) is 12.9. The highest BCUT2D eigenvalue weighted by Crippen LogP contribution is 2.26. The number of hydrogen-bond acceptors (Lipinski definition) is 6. The van der Waals surface area contributed by atoms with Crippen molar-refractivity contribution in [3.8, 4) is 11.5 Å². The van der Waals surface area contributed by atoms with Crippen LogP contribution in [0.1, 0.15) is 11.1 Å². The van der Waals surface area contributed by atoms with E-state index in [-0.39, 0.29) is 16.5 Å². The molecule has 2 aromatic carbocycles. The Hall–Kier alpha value is -2.87. The summed E-state index contributed by atoms with van der Waals surface area (Å²) in [5.74, 6) is 0.514. The smallest absolute Gasteiger partial charge is 0.285 e. The monoisotopic (exact) mass is 331 g/mol. The molecule has 0 fully saturated rings. The number of phenols is 1. The van der Waals surface area contributed by atoms with Gasteiger partial charge in [0.1, 0.15) is 4.90 Å². The van der Waals surface area contributed by atoms with Gasteiger partial charge in [-0.1, -0.05) is 12.1 Å². The van der Waals surface area contributed by atoms with Crippen molar-refractivity contribution in [3.05, 3.63) is 53.6 Å². The molecule has 0 aliphatic carbocycles. The number of hydrogen-bond donors (Lipinski definition) is 2. The number of benzene rings is 2. The second-order valence-corrected chi connectivity index (χ2v) is 6.28. The predicted octanol–water partition coefficient (Wildman–Crippen LogP) is 1.47. The first-order valence-corrected chi connectivity index (χ1v) is 8.06. The fourth-order valence-corrected chi connectivity index (χ4v) is 3.30. The highest BCUT2D eigenvalue weighted by Gasteiger charge is 2.28. The molecule has 0 saturated heterocycles. The molecule has 0 unspecified atom stereocenters. The first-order valence-electron chi connectivity index (χ1n) is 6.62. The lowest BCUT2D eigenvalue weighted by Crippen LogP contribution is -2.17. The van der Waals surface area contributed by atoms with E-state index in [9.17, 15) is 13.5 Å². The maximum atomic E-state index is 11.9. The summed E-state index contributed by atoms with van der Waals surface area (Å²) in [4.78, 5) is 0.156. The Balaban J connectivity index is 1.82. The number of ether oxygens (including phenoxy) is 1. The number of rotatable bonds is 3. The molecule has 0 amide bonds. The topological polar surface area (TPSA) is 100 Å². The van der Waals surface area contributed by atoms with Crippen molar-refractivity contribution in [1.29, 1.82) is 0 Å². The first kappa shape index (κ1) is 15.0.